The van der Waals surface area contributed by atoms with Crippen molar-refractivity contribution in [3.8, 4) is 5.69 Å². The molecule has 0 radical (unpaired) electrons. The second-order valence-corrected chi connectivity index (χ2v) is 5.99. The van der Waals surface area contributed by atoms with Crippen LogP contribution >= 0.6 is 0 Å². The lowest BCUT2D eigenvalue weighted by Crippen LogP contribution is -2.68. The van der Waals surface area contributed by atoms with Gasteiger partial charge in [-0.1, -0.05) is 37.3 Å². The Morgan fingerprint density at radius 3 is 2.00 bits per heavy atom. The minimum atomic E-state index is -4.94. The minimum absolute atomic E-state index is 1.03. The summed E-state index contributed by atoms with van der Waals surface area (Å²) in [5.74, 6) is 0. The van der Waals surface area contributed by atoms with E-state index in [2.05, 4.69) is 79.1 Å². The molecule has 0 aliphatic carbocycles. The van der Waals surface area contributed by atoms with E-state index in [0.29, 0.717) is 0 Å². The molecule has 24 heavy (non-hydrogen) atoms. The van der Waals surface area contributed by atoms with E-state index in [1.807, 2.05) is 0 Å². The van der Waals surface area contributed by atoms with E-state index >= 15 is 0 Å². The van der Waals surface area contributed by atoms with Gasteiger partial charge in [0.1, 0.15) is 0 Å². The molecule has 2 aromatic carbocycles. The number of hydrogen-bond donors (Lipinski definition) is 0. The summed E-state index contributed by atoms with van der Waals surface area (Å²) in [5.41, 5.74) is 5.24. The van der Waals surface area contributed by atoms with E-state index in [4.69, 9.17) is 18.6 Å². The maximum absolute atomic E-state index is 8.49. The Hall–Kier alpha value is -2.02. The molecule has 0 aliphatic heterocycles. The van der Waals surface area contributed by atoms with E-state index in [1.54, 1.807) is 0 Å². The third-order valence-corrected chi connectivity index (χ3v) is 3.62. The largest absolute Gasteiger partial charge is 0.222 e. The number of aryl methyl sites for hydroxylation is 1. The molecule has 0 aliphatic rings. The van der Waals surface area contributed by atoms with Gasteiger partial charge in [-0.05, 0) is 19.1 Å². The van der Waals surface area contributed by atoms with Crippen LogP contribution in [0.25, 0.3) is 16.6 Å². The molecule has 0 N–H and O–H groups in total. The molecular weight excluding hydrogens is 330 g/mol. The molecule has 1 aromatic heterocycles. The molecule has 6 heteroatoms. The van der Waals surface area contributed by atoms with Crippen molar-refractivity contribution in [1.29, 1.82) is 0 Å². The van der Waals surface area contributed by atoms with E-state index < -0.39 is 10.2 Å². The van der Waals surface area contributed by atoms with Crippen LogP contribution in [-0.4, -0.2) is 0 Å². The maximum Gasteiger partial charge on any atom is 0.218 e. The first-order valence-electron chi connectivity index (χ1n) is 7.41. The number of halogens is 1. The van der Waals surface area contributed by atoms with Gasteiger partial charge in [0.15, 0.2) is 5.69 Å². The van der Waals surface area contributed by atoms with E-state index in [1.165, 1.54) is 27.8 Å². The molecule has 0 atom stereocenters. The van der Waals surface area contributed by atoms with Gasteiger partial charge in [-0.2, -0.15) is 4.57 Å². The van der Waals surface area contributed by atoms with Gasteiger partial charge in [0.2, 0.25) is 11.2 Å². The van der Waals surface area contributed by atoms with Crippen molar-refractivity contribution in [2.75, 3.05) is 0 Å². The number of rotatable bonds is 2. The molecular formula is C18H18ClNO4. The van der Waals surface area contributed by atoms with Crippen LogP contribution in [-0.2, 0) is 6.42 Å². The molecule has 5 nitrogen and oxygen atoms in total. The van der Waals surface area contributed by atoms with Gasteiger partial charge in [0.05, 0.1) is 0 Å². The number of para-hydroxylation sites is 2. The van der Waals surface area contributed by atoms with Crippen molar-refractivity contribution in [2.45, 2.75) is 20.3 Å². The van der Waals surface area contributed by atoms with Crippen LogP contribution in [0.1, 0.15) is 18.2 Å². The monoisotopic (exact) mass is 347 g/mol. The minimum Gasteiger partial charge on any atom is -0.222 e. The molecule has 126 valence electrons. The summed E-state index contributed by atoms with van der Waals surface area (Å²) in [7, 11) is -4.94. The highest BCUT2D eigenvalue weighted by Crippen LogP contribution is 2.17. The Morgan fingerprint density at radius 1 is 0.875 bits per heavy atom. The van der Waals surface area contributed by atoms with Gasteiger partial charge < -0.3 is 0 Å². The molecule has 3 rings (SSSR count). The quantitative estimate of drug-likeness (QED) is 0.569. The number of fused-ring (bicyclic) bond motifs is 1. The topological polar surface area (TPSA) is 96.1 Å². The van der Waals surface area contributed by atoms with E-state index in [-0.39, 0.29) is 0 Å². The Kier molecular flexibility index (Phi) is 5.88. The van der Waals surface area contributed by atoms with Gasteiger partial charge in [-0.15, -0.1) is 10.2 Å². The lowest BCUT2D eigenvalue weighted by molar-refractivity contribution is -2.00. The first kappa shape index (κ1) is 18.3. The Morgan fingerprint density at radius 2 is 1.42 bits per heavy atom. The predicted octanol–water partition coefficient (Wildman–Crippen LogP) is -0.769. The summed E-state index contributed by atoms with van der Waals surface area (Å²) in [5, 5.41) is 1.29. The summed E-state index contributed by atoms with van der Waals surface area (Å²) in [6.07, 6.45) is 1.03. The van der Waals surface area contributed by atoms with Crippen LogP contribution in [0.15, 0.2) is 60.7 Å². The lowest BCUT2D eigenvalue weighted by atomic mass is 10.1. The standard InChI is InChI=1S/C18H18N.ClHO4/c1-3-17-14(2)13-15-9-7-8-12-18(15)19(17)16-10-5-4-6-11-16;2-1(3,4)5/h4-13H,3H2,1-2H3;(H,2,3,4,5)/q+1;/p-1. The first-order chi connectivity index (χ1) is 11.3. The number of nitrogens with zero attached hydrogens (tertiary/aromatic N) is 1. The average Bonchev–Trinajstić information content (AvgIpc) is 2.53. The number of aromatic nitrogens is 1. The molecule has 0 amide bonds. The molecule has 0 bridgehead atoms. The Balaban J connectivity index is 0.000000368. The number of hydrogen-bond acceptors (Lipinski definition) is 4. The van der Waals surface area contributed by atoms with Gasteiger partial charge in [0, 0.05) is 35.6 Å². The van der Waals surface area contributed by atoms with Crippen molar-refractivity contribution < 1.29 is 33.4 Å². The highest BCUT2D eigenvalue weighted by Gasteiger charge is 2.19. The summed E-state index contributed by atoms with van der Waals surface area (Å²) >= 11 is 0. The van der Waals surface area contributed by atoms with Gasteiger partial charge in [-0.25, -0.2) is 18.6 Å². The molecule has 0 unspecified atom stereocenters. The van der Waals surface area contributed by atoms with Gasteiger partial charge in [-0.3, -0.25) is 0 Å². The summed E-state index contributed by atoms with van der Waals surface area (Å²) in [4.78, 5) is 0. The third kappa shape index (κ3) is 4.74. The summed E-state index contributed by atoms with van der Waals surface area (Å²) in [6.45, 7) is 4.42. The van der Waals surface area contributed by atoms with Crippen LogP contribution in [0.5, 0.6) is 0 Å². The Labute approximate surface area is 142 Å². The van der Waals surface area contributed by atoms with Crippen LogP contribution in [0.2, 0.25) is 0 Å². The fourth-order valence-electron chi connectivity index (χ4n) is 2.76. The van der Waals surface area contributed by atoms with Crippen molar-refractivity contribution in [3.63, 3.8) is 0 Å². The second-order valence-electron chi connectivity index (χ2n) is 5.24. The van der Waals surface area contributed by atoms with E-state index in [9.17, 15) is 0 Å². The number of benzene rings is 2. The molecule has 0 fully saturated rings. The second kappa shape index (κ2) is 7.70. The maximum atomic E-state index is 8.49. The zero-order chi connectivity index (χ0) is 17.7. The lowest BCUT2D eigenvalue weighted by Gasteiger charge is -2.17. The van der Waals surface area contributed by atoms with Crippen molar-refractivity contribution in [2.24, 2.45) is 0 Å². The van der Waals surface area contributed by atoms with Crippen LogP contribution < -0.4 is 23.2 Å². The number of pyridine rings is 1. The first-order valence-corrected chi connectivity index (χ1v) is 8.65. The van der Waals surface area contributed by atoms with Gasteiger partial charge in [0.25, 0.3) is 0 Å². The zero-order valence-electron chi connectivity index (χ0n) is 13.4. The average molecular weight is 348 g/mol. The van der Waals surface area contributed by atoms with E-state index in [0.717, 1.165) is 6.42 Å². The molecule has 0 saturated carbocycles. The Bertz CT molecular complexity index is 810. The van der Waals surface area contributed by atoms with Crippen LogP contribution in [0.4, 0.5) is 0 Å². The SMILES string of the molecule is CCc1c(C)cc2ccccc2[n+]1-c1ccccc1.[O-][Cl+3]([O-])([O-])[O-]. The normalized spacial score (nSPS) is 11.1. The van der Waals surface area contributed by atoms with Crippen LogP contribution in [0, 0.1) is 17.2 Å². The highest BCUT2D eigenvalue weighted by atomic mass is 35.7. The fraction of sp³-hybridized carbons (Fsp3) is 0.167. The molecule has 0 saturated heterocycles. The molecule has 3 aromatic rings. The fourth-order valence-corrected chi connectivity index (χ4v) is 2.76. The molecule has 0 spiro atoms. The summed E-state index contributed by atoms with van der Waals surface area (Å²) < 4.78 is 36.4. The third-order valence-electron chi connectivity index (χ3n) is 3.62. The van der Waals surface area contributed by atoms with Crippen molar-refractivity contribution in [1.82, 2.24) is 0 Å². The predicted molar refractivity (Wildman–Crippen MR) is 79.6 cm³/mol. The van der Waals surface area contributed by atoms with Gasteiger partial charge >= 0.3 is 0 Å². The smallest absolute Gasteiger partial charge is 0.218 e. The summed E-state index contributed by atoms with van der Waals surface area (Å²) in [6, 6.07) is 21.5. The zero-order valence-corrected chi connectivity index (χ0v) is 14.2. The highest BCUT2D eigenvalue weighted by molar-refractivity contribution is 5.76. The van der Waals surface area contributed by atoms with Crippen molar-refractivity contribution >= 4 is 10.9 Å². The molecule has 1 heterocycles. The van der Waals surface area contributed by atoms with Crippen LogP contribution in [0.3, 0.4) is 0 Å². The van der Waals surface area contributed by atoms with Crippen molar-refractivity contribution in [3.05, 3.63) is 71.9 Å².